The van der Waals surface area contributed by atoms with E-state index in [-0.39, 0.29) is 24.0 Å². The number of rotatable bonds is 6. The van der Waals surface area contributed by atoms with Crippen LogP contribution >= 0.6 is 35.6 Å². The lowest BCUT2D eigenvalue weighted by molar-refractivity contribution is 0.0320. The first-order valence-corrected chi connectivity index (χ1v) is 10.8. The zero-order chi connectivity index (χ0) is 19.8. The van der Waals surface area contributed by atoms with E-state index in [1.165, 1.54) is 0 Å². The van der Waals surface area contributed by atoms with E-state index in [2.05, 4.69) is 44.5 Å². The van der Waals surface area contributed by atoms with E-state index >= 15 is 0 Å². The molecule has 2 fully saturated rings. The zero-order valence-corrected chi connectivity index (χ0v) is 20.7. The van der Waals surface area contributed by atoms with Gasteiger partial charge in [-0.05, 0) is 30.9 Å². The standard InChI is InChI=1S/C21H34ClN5O.HI/c1-17(15-26-10-12-28-13-11-26)14-24-21(23-2)25-18-6-5-9-27(16-18)20-8-4-3-7-19(20)22;/h3-4,7-8,17-18H,5-6,9-16H2,1-2H3,(H2,23,24,25);1H. The molecule has 2 unspecified atom stereocenters. The summed E-state index contributed by atoms with van der Waals surface area (Å²) in [5, 5.41) is 7.93. The molecule has 0 aromatic heterocycles. The first-order valence-electron chi connectivity index (χ1n) is 10.4. The summed E-state index contributed by atoms with van der Waals surface area (Å²) >= 11 is 6.39. The largest absolute Gasteiger partial charge is 0.379 e. The van der Waals surface area contributed by atoms with Crippen molar-refractivity contribution in [1.29, 1.82) is 0 Å². The van der Waals surface area contributed by atoms with E-state index in [0.29, 0.717) is 12.0 Å². The molecule has 29 heavy (non-hydrogen) atoms. The molecule has 2 atom stereocenters. The first kappa shape index (κ1) is 24.5. The Hall–Kier alpha value is -0.770. The van der Waals surface area contributed by atoms with Crippen molar-refractivity contribution in [3.63, 3.8) is 0 Å². The second kappa shape index (κ2) is 12.8. The summed E-state index contributed by atoms with van der Waals surface area (Å²) in [5.41, 5.74) is 1.12. The number of halogens is 2. The Balaban J connectivity index is 0.00000300. The van der Waals surface area contributed by atoms with Crippen LogP contribution in [0.25, 0.3) is 0 Å². The van der Waals surface area contributed by atoms with Gasteiger partial charge in [-0.25, -0.2) is 0 Å². The number of piperidine rings is 1. The minimum Gasteiger partial charge on any atom is -0.379 e. The monoisotopic (exact) mass is 535 g/mol. The van der Waals surface area contributed by atoms with Crippen LogP contribution in [0.15, 0.2) is 29.3 Å². The number of guanidine groups is 1. The third-order valence-corrected chi connectivity index (χ3v) is 5.79. The van der Waals surface area contributed by atoms with Gasteiger partial charge < -0.3 is 20.3 Å². The highest BCUT2D eigenvalue weighted by atomic mass is 127. The van der Waals surface area contributed by atoms with Crippen LogP contribution in [0, 0.1) is 5.92 Å². The van der Waals surface area contributed by atoms with Crippen LogP contribution in [-0.4, -0.2) is 76.4 Å². The Labute approximate surface area is 197 Å². The predicted molar refractivity (Wildman–Crippen MR) is 133 cm³/mol. The number of hydrogen-bond donors (Lipinski definition) is 2. The molecule has 2 aliphatic rings. The predicted octanol–water partition coefficient (Wildman–Crippen LogP) is 3.06. The molecule has 1 aromatic rings. The fourth-order valence-corrected chi connectivity index (χ4v) is 4.23. The van der Waals surface area contributed by atoms with Crippen molar-refractivity contribution in [2.75, 3.05) is 64.4 Å². The average molecular weight is 536 g/mol. The maximum absolute atomic E-state index is 6.39. The Kier molecular flexibility index (Phi) is 10.8. The minimum absolute atomic E-state index is 0. The van der Waals surface area contributed by atoms with Gasteiger partial charge >= 0.3 is 0 Å². The summed E-state index contributed by atoms with van der Waals surface area (Å²) in [6, 6.07) is 8.46. The van der Waals surface area contributed by atoms with Crippen LogP contribution in [0.3, 0.4) is 0 Å². The summed E-state index contributed by atoms with van der Waals surface area (Å²) in [6.07, 6.45) is 2.29. The number of benzene rings is 1. The summed E-state index contributed by atoms with van der Waals surface area (Å²) in [7, 11) is 1.84. The molecule has 1 aromatic carbocycles. The Morgan fingerprint density at radius 2 is 2.03 bits per heavy atom. The van der Waals surface area contributed by atoms with Gasteiger partial charge in [0, 0.05) is 52.4 Å². The van der Waals surface area contributed by atoms with Gasteiger partial charge in [-0.15, -0.1) is 24.0 Å². The molecule has 3 rings (SSSR count). The topological polar surface area (TPSA) is 52.1 Å². The molecule has 0 spiro atoms. The highest BCUT2D eigenvalue weighted by Crippen LogP contribution is 2.27. The lowest BCUT2D eigenvalue weighted by atomic mass is 10.0. The van der Waals surface area contributed by atoms with E-state index in [4.69, 9.17) is 16.3 Å². The van der Waals surface area contributed by atoms with Crippen LogP contribution in [0.2, 0.25) is 5.02 Å². The van der Waals surface area contributed by atoms with Crippen molar-refractivity contribution in [3.05, 3.63) is 29.3 Å². The number of nitrogens with zero attached hydrogens (tertiary/aromatic N) is 3. The van der Waals surface area contributed by atoms with Gasteiger partial charge in [0.15, 0.2) is 5.96 Å². The number of para-hydroxylation sites is 1. The maximum Gasteiger partial charge on any atom is 0.191 e. The van der Waals surface area contributed by atoms with E-state index in [0.717, 1.165) is 82.0 Å². The maximum atomic E-state index is 6.39. The third-order valence-electron chi connectivity index (χ3n) is 5.47. The fraction of sp³-hybridized carbons (Fsp3) is 0.667. The van der Waals surface area contributed by atoms with Crippen molar-refractivity contribution < 1.29 is 4.74 Å². The number of nitrogens with one attached hydrogen (secondary N) is 2. The van der Waals surface area contributed by atoms with Crippen molar-refractivity contribution in [2.45, 2.75) is 25.8 Å². The number of ether oxygens (including phenoxy) is 1. The third kappa shape index (κ3) is 7.77. The van der Waals surface area contributed by atoms with Crippen molar-refractivity contribution in [1.82, 2.24) is 15.5 Å². The van der Waals surface area contributed by atoms with Gasteiger partial charge in [0.05, 0.1) is 23.9 Å². The molecule has 0 radical (unpaired) electrons. The molecule has 6 nitrogen and oxygen atoms in total. The lowest BCUT2D eigenvalue weighted by Gasteiger charge is -2.36. The van der Waals surface area contributed by atoms with E-state index in [1.807, 2.05) is 19.2 Å². The molecule has 8 heteroatoms. The van der Waals surface area contributed by atoms with Crippen LogP contribution in [-0.2, 0) is 4.74 Å². The molecule has 2 heterocycles. The SMILES string of the molecule is CN=C(NCC(C)CN1CCOCC1)NC1CCCN(c2ccccc2Cl)C1.I. The average Bonchev–Trinajstić information content (AvgIpc) is 2.72. The van der Waals surface area contributed by atoms with Crippen molar-refractivity contribution >= 4 is 47.2 Å². The Bertz CT molecular complexity index is 641. The van der Waals surface area contributed by atoms with Gasteiger partial charge in [0.2, 0.25) is 0 Å². The van der Waals surface area contributed by atoms with Crippen molar-refractivity contribution in [3.8, 4) is 0 Å². The summed E-state index contributed by atoms with van der Waals surface area (Å²) in [5.74, 6) is 1.45. The fourth-order valence-electron chi connectivity index (χ4n) is 3.97. The minimum atomic E-state index is 0. The zero-order valence-electron chi connectivity index (χ0n) is 17.6. The van der Waals surface area contributed by atoms with Gasteiger partial charge in [0.1, 0.15) is 0 Å². The number of aliphatic imine (C=N–C) groups is 1. The van der Waals surface area contributed by atoms with Crippen LogP contribution < -0.4 is 15.5 Å². The molecule has 164 valence electrons. The number of anilines is 1. The number of hydrogen-bond acceptors (Lipinski definition) is 4. The van der Waals surface area contributed by atoms with Gasteiger partial charge in [0.25, 0.3) is 0 Å². The molecule has 0 bridgehead atoms. The summed E-state index contributed by atoms with van der Waals surface area (Å²) in [6.45, 7) is 10.1. The second-order valence-corrected chi connectivity index (χ2v) is 8.26. The normalized spacial score (nSPS) is 22.0. The molecular weight excluding hydrogens is 501 g/mol. The van der Waals surface area contributed by atoms with Crippen LogP contribution in [0.4, 0.5) is 5.69 Å². The Morgan fingerprint density at radius 3 is 2.76 bits per heavy atom. The molecule has 2 aliphatic heterocycles. The smallest absolute Gasteiger partial charge is 0.191 e. The van der Waals surface area contributed by atoms with Crippen LogP contribution in [0.1, 0.15) is 19.8 Å². The molecule has 0 saturated carbocycles. The van der Waals surface area contributed by atoms with E-state index in [1.54, 1.807) is 0 Å². The van der Waals surface area contributed by atoms with Crippen molar-refractivity contribution in [2.24, 2.45) is 10.9 Å². The van der Waals surface area contributed by atoms with E-state index in [9.17, 15) is 0 Å². The molecule has 0 aliphatic carbocycles. The molecule has 0 amide bonds. The first-order chi connectivity index (χ1) is 13.7. The second-order valence-electron chi connectivity index (χ2n) is 7.85. The number of morpholine rings is 1. The van der Waals surface area contributed by atoms with Gasteiger partial charge in [-0.3, -0.25) is 9.89 Å². The molecular formula is C21H35ClIN5O. The van der Waals surface area contributed by atoms with Gasteiger partial charge in [-0.2, -0.15) is 0 Å². The highest BCUT2D eigenvalue weighted by molar-refractivity contribution is 14.0. The van der Waals surface area contributed by atoms with E-state index < -0.39 is 0 Å². The molecule has 2 N–H and O–H groups in total. The molecule has 2 saturated heterocycles. The van der Waals surface area contributed by atoms with Gasteiger partial charge in [-0.1, -0.05) is 30.7 Å². The quantitative estimate of drug-likeness (QED) is 0.333. The summed E-state index contributed by atoms with van der Waals surface area (Å²) in [4.78, 5) is 9.29. The Morgan fingerprint density at radius 1 is 1.28 bits per heavy atom. The summed E-state index contributed by atoms with van der Waals surface area (Å²) < 4.78 is 5.43. The highest BCUT2D eigenvalue weighted by Gasteiger charge is 2.22. The lowest BCUT2D eigenvalue weighted by Crippen LogP contribution is -2.52. The van der Waals surface area contributed by atoms with Crippen LogP contribution in [0.5, 0.6) is 0 Å².